The van der Waals surface area contributed by atoms with Gasteiger partial charge in [-0.2, -0.15) is 0 Å². The van der Waals surface area contributed by atoms with Gasteiger partial charge in [0.25, 0.3) is 0 Å². The van der Waals surface area contributed by atoms with Crippen LogP contribution in [0.5, 0.6) is 5.75 Å². The minimum Gasteiger partial charge on any atom is -0.494 e. The molecule has 0 radical (unpaired) electrons. The Morgan fingerprint density at radius 1 is 0.600 bits per heavy atom. The molecule has 0 saturated carbocycles. The molecule has 2 N–H and O–H groups in total. The van der Waals surface area contributed by atoms with E-state index >= 15 is 0 Å². The summed E-state index contributed by atoms with van der Waals surface area (Å²) >= 11 is 0. The largest absolute Gasteiger partial charge is 0.494 e. The number of nitrogen functional groups attached to an aromatic ring is 1. The van der Waals surface area contributed by atoms with E-state index in [2.05, 4.69) is 73.7 Å². The summed E-state index contributed by atoms with van der Waals surface area (Å²) in [6.07, 6.45) is 0.986. The van der Waals surface area contributed by atoms with Crippen molar-refractivity contribution in [1.29, 1.82) is 0 Å². The molecule has 0 heterocycles. The van der Waals surface area contributed by atoms with Crippen molar-refractivity contribution < 1.29 is 4.74 Å². The van der Waals surface area contributed by atoms with Crippen LogP contribution in [0.2, 0.25) is 0 Å². The minimum absolute atomic E-state index is 0.686. The standard InChI is InChI=1S/C28H27NO/c1-3-20-19-25(13-18-28(20)24-11-16-27(17-12-24)30-4-2)23-7-5-21(6-8-23)22-9-14-26(29)15-10-22/h5-19H,3-4,29H2,1-2H3. The van der Waals surface area contributed by atoms with Gasteiger partial charge in [0.05, 0.1) is 6.61 Å². The molecule has 4 aromatic rings. The Morgan fingerprint density at radius 2 is 1.10 bits per heavy atom. The van der Waals surface area contributed by atoms with Gasteiger partial charge in [-0.3, -0.25) is 0 Å². The topological polar surface area (TPSA) is 35.2 Å². The van der Waals surface area contributed by atoms with E-state index in [1.54, 1.807) is 0 Å². The molecule has 0 aliphatic carbocycles. The second-order valence-corrected chi connectivity index (χ2v) is 7.38. The highest BCUT2D eigenvalue weighted by atomic mass is 16.5. The first kappa shape index (κ1) is 19.8. The fraction of sp³-hybridized carbons (Fsp3) is 0.143. The van der Waals surface area contributed by atoms with Crippen LogP contribution in [0.1, 0.15) is 19.4 Å². The maximum atomic E-state index is 5.80. The summed E-state index contributed by atoms with van der Waals surface area (Å²) in [7, 11) is 0. The number of hydrogen-bond acceptors (Lipinski definition) is 2. The quantitative estimate of drug-likeness (QED) is 0.351. The van der Waals surface area contributed by atoms with Gasteiger partial charge in [-0.25, -0.2) is 0 Å². The number of rotatable bonds is 6. The molecule has 0 amide bonds. The lowest BCUT2D eigenvalue weighted by Crippen LogP contribution is -1.92. The molecular weight excluding hydrogens is 366 g/mol. The smallest absolute Gasteiger partial charge is 0.119 e. The fourth-order valence-electron chi connectivity index (χ4n) is 3.78. The van der Waals surface area contributed by atoms with Crippen molar-refractivity contribution in [1.82, 2.24) is 0 Å². The highest BCUT2D eigenvalue weighted by Crippen LogP contribution is 2.31. The fourth-order valence-corrected chi connectivity index (χ4v) is 3.78. The van der Waals surface area contributed by atoms with Crippen LogP contribution in [0.15, 0.2) is 91.0 Å². The molecule has 0 spiro atoms. The molecule has 0 fully saturated rings. The molecule has 2 heteroatoms. The zero-order valence-electron chi connectivity index (χ0n) is 17.6. The summed E-state index contributed by atoms with van der Waals surface area (Å²) in [5, 5.41) is 0. The minimum atomic E-state index is 0.686. The zero-order valence-corrected chi connectivity index (χ0v) is 17.6. The first-order chi connectivity index (χ1) is 14.7. The molecule has 4 rings (SSSR count). The van der Waals surface area contributed by atoms with E-state index in [4.69, 9.17) is 10.5 Å². The van der Waals surface area contributed by atoms with E-state index in [-0.39, 0.29) is 0 Å². The van der Waals surface area contributed by atoms with Gasteiger partial charge in [-0.15, -0.1) is 0 Å². The second-order valence-electron chi connectivity index (χ2n) is 7.38. The number of anilines is 1. The number of aryl methyl sites for hydroxylation is 1. The lowest BCUT2D eigenvalue weighted by atomic mass is 9.93. The Balaban J connectivity index is 1.61. The molecule has 0 unspecified atom stereocenters. The maximum Gasteiger partial charge on any atom is 0.119 e. The Labute approximate surface area is 179 Å². The van der Waals surface area contributed by atoms with Crippen molar-refractivity contribution in [2.45, 2.75) is 20.3 Å². The van der Waals surface area contributed by atoms with Gasteiger partial charge in [-0.1, -0.05) is 73.7 Å². The van der Waals surface area contributed by atoms with Crippen LogP contribution in [0.25, 0.3) is 33.4 Å². The molecular formula is C28H27NO. The molecule has 150 valence electrons. The first-order valence-corrected chi connectivity index (χ1v) is 10.5. The Hall–Kier alpha value is -3.52. The Bertz CT molecular complexity index is 1110. The number of hydrogen-bond donors (Lipinski definition) is 1. The molecule has 0 aromatic heterocycles. The molecule has 0 aliphatic rings. The second kappa shape index (κ2) is 8.87. The predicted octanol–water partition coefficient (Wildman–Crippen LogP) is 7.23. The van der Waals surface area contributed by atoms with Crippen molar-refractivity contribution in [2.75, 3.05) is 12.3 Å². The number of ether oxygens (including phenoxy) is 1. The highest BCUT2D eigenvalue weighted by Gasteiger charge is 2.08. The van der Waals surface area contributed by atoms with E-state index in [0.29, 0.717) is 6.61 Å². The summed E-state index contributed by atoms with van der Waals surface area (Å²) in [5.41, 5.74) is 15.3. The van der Waals surface area contributed by atoms with Crippen molar-refractivity contribution in [3.8, 4) is 39.1 Å². The van der Waals surface area contributed by atoms with Gasteiger partial charge in [0.1, 0.15) is 5.75 Å². The first-order valence-electron chi connectivity index (χ1n) is 10.5. The van der Waals surface area contributed by atoms with Crippen LogP contribution in [0.3, 0.4) is 0 Å². The van der Waals surface area contributed by atoms with Crippen molar-refractivity contribution in [2.24, 2.45) is 0 Å². The summed E-state index contributed by atoms with van der Waals surface area (Å²) < 4.78 is 5.57. The van der Waals surface area contributed by atoms with Gasteiger partial charge in [0.15, 0.2) is 0 Å². The van der Waals surface area contributed by atoms with E-state index in [0.717, 1.165) is 17.9 Å². The lowest BCUT2D eigenvalue weighted by Gasteiger charge is -2.12. The lowest BCUT2D eigenvalue weighted by molar-refractivity contribution is 0.340. The summed E-state index contributed by atoms with van der Waals surface area (Å²) in [6, 6.07) is 31.9. The van der Waals surface area contributed by atoms with Crippen LogP contribution < -0.4 is 10.5 Å². The third kappa shape index (κ3) is 4.23. The van der Waals surface area contributed by atoms with E-state index in [9.17, 15) is 0 Å². The van der Waals surface area contributed by atoms with Crippen LogP contribution in [-0.4, -0.2) is 6.61 Å². The normalized spacial score (nSPS) is 10.7. The SMILES string of the molecule is CCOc1ccc(-c2ccc(-c3ccc(-c4ccc(N)cc4)cc3)cc2CC)cc1. The van der Waals surface area contributed by atoms with Crippen molar-refractivity contribution in [3.05, 3.63) is 96.6 Å². The van der Waals surface area contributed by atoms with Gasteiger partial charge in [0, 0.05) is 5.69 Å². The number of nitrogens with two attached hydrogens (primary N) is 1. The van der Waals surface area contributed by atoms with Crippen LogP contribution in [0, 0.1) is 0 Å². The van der Waals surface area contributed by atoms with E-state index < -0.39 is 0 Å². The maximum absolute atomic E-state index is 5.80. The molecule has 0 bridgehead atoms. The monoisotopic (exact) mass is 393 g/mol. The van der Waals surface area contributed by atoms with E-state index in [1.807, 2.05) is 31.2 Å². The van der Waals surface area contributed by atoms with Crippen LogP contribution >= 0.6 is 0 Å². The highest BCUT2D eigenvalue weighted by molar-refractivity contribution is 5.76. The van der Waals surface area contributed by atoms with Crippen LogP contribution in [-0.2, 0) is 6.42 Å². The molecule has 30 heavy (non-hydrogen) atoms. The third-order valence-corrected chi connectivity index (χ3v) is 5.42. The number of benzene rings is 4. The van der Waals surface area contributed by atoms with Gasteiger partial charge >= 0.3 is 0 Å². The van der Waals surface area contributed by atoms with Gasteiger partial charge in [0.2, 0.25) is 0 Å². The average molecular weight is 394 g/mol. The van der Waals surface area contributed by atoms with Crippen LogP contribution in [0.4, 0.5) is 5.69 Å². The molecule has 0 atom stereocenters. The van der Waals surface area contributed by atoms with Crippen molar-refractivity contribution >= 4 is 5.69 Å². The Morgan fingerprint density at radius 3 is 1.67 bits per heavy atom. The molecule has 4 aromatic carbocycles. The average Bonchev–Trinajstić information content (AvgIpc) is 2.80. The summed E-state index contributed by atoms with van der Waals surface area (Å²) in [5.74, 6) is 0.914. The zero-order chi connectivity index (χ0) is 20.9. The molecule has 0 aliphatic heterocycles. The predicted molar refractivity (Wildman–Crippen MR) is 128 cm³/mol. The summed E-state index contributed by atoms with van der Waals surface area (Å²) in [6.45, 7) is 4.90. The summed E-state index contributed by atoms with van der Waals surface area (Å²) in [4.78, 5) is 0. The van der Waals surface area contributed by atoms with Gasteiger partial charge in [-0.05, 0) is 76.6 Å². The van der Waals surface area contributed by atoms with Gasteiger partial charge < -0.3 is 10.5 Å². The molecule has 2 nitrogen and oxygen atoms in total. The molecule has 0 saturated heterocycles. The third-order valence-electron chi connectivity index (χ3n) is 5.42. The van der Waals surface area contributed by atoms with Crippen molar-refractivity contribution in [3.63, 3.8) is 0 Å². The Kier molecular flexibility index (Phi) is 5.85. The van der Waals surface area contributed by atoms with E-state index in [1.165, 1.54) is 38.9 Å².